The number of H-pyrrole nitrogens is 1. The van der Waals surface area contributed by atoms with Gasteiger partial charge in [-0.1, -0.05) is 11.6 Å². The zero-order valence-corrected chi connectivity index (χ0v) is 15.5. The minimum Gasteiger partial charge on any atom is -0.480 e. The van der Waals surface area contributed by atoms with E-state index in [4.69, 9.17) is 21.1 Å². The van der Waals surface area contributed by atoms with E-state index in [1.54, 1.807) is 19.5 Å². The highest BCUT2D eigenvalue weighted by Crippen LogP contribution is 2.31. The molecule has 140 valence electrons. The first kappa shape index (κ1) is 17.8. The highest BCUT2D eigenvalue weighted by molar-refractivity contribution is 6.34. The van der Waals surface area contributed by atoms with Crippen molar-refractivity contribution in [3.8, 4) is 17.1 Å². The topological polar surface area (TPSA) is 89.1 Å². The van der Waals surface area contributed by atoms with Gasteiger partial charge in [0.15, 0.2) is 0 Å². The van der Waals surface area contributed by atoms with Crippen LogP contribution in [0.15, 0.2) is 30.6 Å². The molecule has 0 spiro atoms. The lowest BCUT2D eigenvalue weighted by atomic mass is 10.1. The summed E-state index contributed by atoms with van der Waals surface area (Å²) in [5, 5.41) is 4.46. The van der Waals surface area contributed by atoms with E-state index < -0.39 is 0 Å². The van der Waals surface area contributed by atoms with Gasteiger partial charge in [0.1, 0.15) is 0 Å². The average Bonchev–Trinajstić information content (AvgIpc) is 3.04. The van der Waals surface area contributed by atoms with Crippen molar-refractivity contribution < 1.29 is 14.3 Å². The highest BCUT2D eigenvalue weighted by atomic mass is 35.5. The lowest BCUT2D eigenvalue weighted by Gasteiger charge is -2.25. The van der Waals surface area contributed by atoms with Crippen LogP contribution in [0.1, 0.15) is 18.5 Å². The van der Waals surface area contributed by atoms with Gasteiger partial charge in [0.25, 0.3) is 0 Å². The Hall–Kier alpha value is -2.64. The van der Waals surface area contributed by atoms with Crippen LogP contribution in [0.5, 0.6) is 5.88 Å². The van der Waals surface area contributed by atoms with E-state index >= 15 is 0 Å². The molecule has 7 nitrogen and oxygen atoms in total. The van der Waals surface area contributed by atoms with E-state index in [0.29, 0.717) is 29.6 Å². The number of ether oxygens (including phenoxy) is 2. The molecule has 1 aliphatic rings. The molecule has 4 rings (SSSR count). The molecule has 1 fully saturated rings. The second-order valence-electron chi connectivity index (χ2n) is 6.42. The molecular formula is C19H19ClN4O3. The molecule has 8 heteroatoms. The second-order valence-corrected chi connectivity index (χ2v) is 6.83. The number of halogens is 1. The smallest absolute Gasteiger partial charge is 0.232 e. The van der Waals surface area contributed by atoms with Crippen molar-refractivity contribution in [2.75, 3.05) is 13.7 Å². The van der Waals surface area contributed by atoms with Crippen LogP contribution in [-0.4, -0.2) is 40.7 Å². The third-order valence-corrected chi connectivity index (χ3v) is 4.87. The average molecular weight is 387 g/mol. The van der Waals surface area contributed by atoms with Crippen molar-refractivity contribution in [1.82, 2.24) is 20.3 Å². The maximum atomic E-state index is 11.9. The van der Waals surface area contributed by atoms with Crippen LogP contribution >= 0.6 is 11.6 Å². The Morgan fingerprint density at radius 3 is 2.89 bits per heavy atom. The number of nitrogens with one attached hydrogen (secondary N) is 2. The quantitative estimate of drug-likeness (QED) is 0.679. The van der Waals surface area contributed by atoms with Crippen LogP contribution in [0, 0.1) is 0 Å². The SMILES string of the molecule is COc1cnc(-c2cc3[nH]c(CNC(=O)C[C@@H]4CCO4)cc3cc2Cl)cn1. The molecule has 1 saturated heterocycles. The van der Waals surface area contributed by atoms with E-state index in [0.717, 1.165) is 35.2 Å². The highest BCUT2D eigenvalue weighted by Gasteiger charge is 2.21. The lowest BCUT2D eigenvalue weighted by molar-refractivity contribution is -0.129. The summed E-state index contributed by atoms with van der Waals surface area (Å²) >= 11 is 6.43. The Morgan fingerprint density at radius 2 is 2.22 bits per heavy atom. The third-order valence-electron chi connectivity index (χ3n) is 4.56. The van der Waals surface area contributed by atoms with Crippen molar-refractivity contribution >= 4 is 28.4 Å². The molecule has 0 aliphatic carbocycles. The largest absolute Gasteiger partial charge is 0.480 e. The third kappa shape index (κ3) is 3.89. The Kier molecular flexibility index (Phi) is 4.96. The van der Waals surface area contributed by atoms with Gasteiger partial charge in [0.2, 0.25) is 11.8 Å². The van der Waals surface area contributed by atoms with E-state index in [-0.39, 0.29) is 12.0 Å². The molecule has 1 aliphatic heterocycles. The second kappa shape index (κ2) is 7.54. The Labute approximate surface area is 161 Å². The molecule has 0 unspecified atom stereocenters. The Morgan fingerprint density at radius 1 is 1.37 bits per heavy atom. The number of hydrogen-bond donors (Lipinski definition) is 2. The monoisotopic (exact) mass is 386 g/mol. The molecule has 0 saturated carbocycles. The predicted octanol–water partition coefficient (Wildman–Crippen LogP) is 3.08. The van der Waals surface area contributed by atoms with Crippen molar-refractivity contribution in [3.63, 3.8) is 0 Å². The molecule has 0 radical (unpaired) electrons. The molecule has 27 heavy (non-hydrogen) atoms. The summed E-state index contributed by atoms with van der Waals surface area (Å²) in [5.74, 6) is 0.437. The fourth-order valence-corrected chi connectivity index (χ4v) is 3.25. The maximum absolute atomic E-state index is 11.9. The molecule has 2 N–H and O–H groups in total. The zero-order valence-electron chi connectivity index (χ0n) is 14.8. The van der Waals surface area contributed by atoms with E-state index in [9.17, 15) is 4.79 Å². The fraction of sp³-hybridized carbons (Fsp3) is 0.316. The number of rotatable bonds is 6. The van der Waals surface area contributed by atoms with Crippen molar-refractivity contribution in [2.24, 2.45) is 0 Å². The summed E-state index contributed by atoms with van der Waals surface area (Å²) < 4.78 is 10.3. The minimum atomic E-state index is -0.00872. The van der Waals surface area contributed by atoms with Crippen molar-refractivity contribution in [1.29, 1.82) is 0 Å². The van der Waals surface area contributed by atoms with Crippen molar-refractivity contribution in [3.05, 3.63) is 41.3 Å². The van der Waals surface area contributed by atoms with Crippen molar-refractivity contribution in [2.45, 2.75) is 25.5 Å². The Bertz CT molecular complexity index is 967. The summed E-state index contributed by atoms with van der Waals surface area (Å²) in [4.78, 5) is 23.8. The number of amides is 1. The summed E-state index contributed by atoms with van der Waals surface area (Å²) in [7, 11) is 1.54. The number of methoxy groups -OCH3 is 1. The van der Waals surface area contributed by atoms with Crippen LogP contribution < -0.4 is 10.1 Å². The van der Waals surface area contributed by atoms with Gasteiger partial charge >= 0.3 is 0 Å². The summed E-state index contributed by atoms with van der Waals surface area (Å²) in [5.41, 5.74) is 3.26. The summed E-state index contributed by atoms with van der Waals surface area (Å²) in [6.45, 7) is 1.18. The van der Waals surface area contributed by atoms with Gasteiger partial charge in [0.05, 0.1) is 49.3 Å². The van der Waals surface area contributed by atoms with Gasteiger partial charge < -0.3 is 19.8 Å². The number of nitrogens with zero attached hydrogens (tertiary/aromatic N) is 2. The molecule has 2 aromatic heterocycles. The number of carbonyl (C=O) groups excluding carboxylic acids is 1. The summed E-state index contributed by atoms with van der Waals surface area (Å²) in [6, 6.07) is 5.79. The molecule has 1 aromatic carbocycles. The molecule has 1 atom stereocenters. The molecular weight excluding hydrogens is 368 g/mol. The van der Waals surface area contributed by atoms with E-state index in [2.05, 4.69) is 20.3 Å². The Balaban J connectivity index is 1.50. The number of benzene rings is 1. The van der Waals surface area contributed by atoms with Gasteiger partial charge in [-0.15, -0.1) is 0 Å². The van der Waals surface area contributed by atoms with Gasteiger partial charge in [-0.3, -0.25) is 4.79 Å². The first-order chi connectivity index (χ1) is 13.1. The molecule has 3 aromatic rings. The van der Waals surface area contributed by atoms with Gasteiger partial charge in [-0.25, -0.2) is 9.97 Å². The van der Waals surface area contributed by atoms with Gasteiger partial charge in [-0.05, 0) is 24.6 Å². The number of hydrogen-bond acceptors (Lipinski definition) is 5. The van der Waals surface area contributed by atoms with E-state index in [1.165, 1.54) is 0 Å². The maximum Gasteiger partial charge on any atom is 0.232 e. The van der Waals surface area contributed by atoms with Crippen LogP contribution in [0.4, 0.5) is 0 Å². The normalized spacial score (nSPS) is 16.1. The minimum absolute atomic E-state index is 0.00872. The standard InChI is InChI=1S/C19H19ClN4O3/c1-26-19-10-21-17(9-23-19)14-7-16-11(5-15(14)20)4-12(24-16)8-22-18(25)6-13-2-3-27-13/h4-5,7,9-10,13,24H,2-3,6,8H2,1H3,(H,22,25)/t13-/m0/s1. The zero-order chi connectivity index (χ0) is 18.8. The van der Waals surface area contributed by atoms with Crippen LogP contribution in [-0.2, 0) is 16.1 Å². The molecule has 0 bridgehead atoms. The number of carbonyl (C=O) groups is 1. The van der Waals surface area contributed by atoms with Gasteiger partial charge in [0, 0.05) is 28.8 Å². The summed E-state index contributed by atoms with van der Waals surface area (Å²) in [6.07, 6.45) is 4.61. The van der Waals surface area contributed by atoms with Gasteiger partial charge in [-0.2, -0.15) is 0 Å². The molecule has 3 heterocycles. The predicted molar refractivity (Wildman–Crippen MR) is 102 cm³/mol. The van der Waals surface area contributed by atoms with E-state index in [1.807, 2.05) is 18.2 Å². The number of fused-ring (bicyclic) bond motifs is 1. The van der Waals surface area contributed by atoms with Crippen LogP contribution in [0.2, 0.25) is 5.02 Å². The lowest BCUT2D eigenvalue weighted by Crippen LogP contribution is -2.34. The number of aromatic nitrogens is 3. The fourth-order valence-electron chi connectivity index (χ4n) is 2.98. The molecule has 1 amide bonds. The van der Waals surface area contributed by atoms with Crippen LogP contribution in [0.3, 0.4) is 0 Å². The van der Waals surface area contributed by atoms with Crippen LogP contribution in [0.25, 0.3) is 22.2 Å². The first-order valence-electron chi connectivity index (χ1n) is 8.68. The first-order valence-corrected chi connectivity index (χ1v) is 9.06. The number of aromatic amines is 1.